The lowest BCUT2D eigenvalue weighted by atomic mass is 9.79. The highest BCUT2D eigenvalue weighted by Gasteiger charge is 2.25. The van der Waals surface area contributed by atoms with Crippen molar-refractivity contribution >= 4 is 30.5 Å². The first-order valence-electron chi connectivity index (χ1n) is 10.8. The maximum absolute atomic E-state index is 12.9. The van der Waals surface area contributed by atoms with E-state index in [-0.39, 0.29) is 36.3 Å². The molecule has 12 heteroatoms. The second-order valence-electron chi connectivity index (χ2n) is 7.44. The molecule has 0 fully saturated rings. The van der Waals surface area contributed by atoms with Gasteiger partial charge in [0.05, 0.1) is 11.8 Å². The molecular formula is C23H25BN6O5. The molecular weight excluding hydrogens is 451 g/mol. The smallest absolute Gasteiger partial charge is 0.422 e. The van der Waals surface area contributed by atoms with E-state index in [4.69, 9.17) is 5.26 Å². The second-order valence-corrected chi connectivity index (χ2v) is 7.44. The summed E-state index contributed by atoms with van der Waals surface area (Å²) in [4.78, 5) is 48.7. The highest BCUT2D eigenvalue weighted by atomic mass is 16.4. The molecule has 4 N–H and O–H groups in total. The Morgan fingerprint density at radius 3 is 2.54 bits per heavy atom. The van der Waals surface area contributed by atoms with Gasteiger partial charge in [-0.3, -0.25) is 19.4 Å². The number of aliphatic imine (C=N–C) groups is 1. The van der Waals surface area contributed by atoms with E-state index in [1.165, 1.54) is 18.6 Å². The minimum Gasteiger partial charge on any atom is -0.422 e. The third kappa shape index (κ3) is 9.28. The summed E-state index contributed by atoms with van der Waals surface area (Å²) in [7, 11) is -1.96. The molecule has 1 aromatic carbocycles. The maximum atomic E-state index is 12.9. The lowest BCUT2D eigenvalue weighted by Gasteiger charge is -2.16. The van der Waals surface area contributed by atoms with Gasteiger partial charge in [0.15, 0.2) is 0 Å². The molecule has 0 saturated heterocycles. The quantitative estimate of drug-likeness (QED) is 0.110. The third-order valence-electron chi connectivity index (χ3n) is 4.79. The van der Waals surface area contributed by atoms with E-state index < -0.39 is 30.9 Å². The van der Waals surface area contributed by atoms with Crippen LogP contribution >= 0.6 is 0 Å². The first-order valence-corrected chi connectivity index (χ1v) is 10.8. The molecule has 1 aromatic heterocycles. The number of benzene rings is 1. The molecule has 0 unspecified atom stereocenters. The summed E-state index contributed by atoms with van der Waals surface area (Å²) >= 11 is 0. The van der Waals surface area contributed by atoms with Gasteiger partial charge < -0.3 is 20.7 Å². The van der Waals surface area contributed by atoms with Crippen molar-refractivity contribution in [3.8, 4) is 6.07 Å². The SMILES string of the molecule is C=C(C#N)C(=O)NCCCC[C@H](NC(=O)c1cnccn1)C(=O)/N=C(\Cc1ccccc1)B(O)O. The van der Waals surface area contributed by atoms with Crippen molar-refractivity contribution in [3.05, 3.63) is 72.3 Å². The molecule has 0 aliphatic carbocycles. The van der Waals surface area contributed by atoms with Crippen molar-refractivity contribution in [2.45, 2.75) is 31.7 Å². The molecule has 0 radical (unpaired) electrons. The number of nitrogens with one attached hydrogen (secondary N) is 2. The normalized spacial score (nSPS) is 11.6. The summed E-state index contributed by atoms with van der Waals surface area (Å²) < 4.78 is 0. The van der Waals surface area contributed by atoms with E-state index in [2.05, 4.69) is 32.2 Å². The average molecular weight is 476 g/mol. The van der Waals surface area contributed by atoms with Gasteiger partial charge in [0, 0.05) is 25.4 Å². The van der Waals surface area contributed by atoms with Crippen LogP contribution in [0.15, 0.2) is 66.1 Å². The molecule has 2 aromatic rings. The molecule has 0 aliphatic rings. The van der Waals surface area contributed by atoms with E-state index in [9.17, 15) is 24.4 Å². The number of aromatic nitrogens is 2. The Balaban J connectivity index is 2.10. The number of hydrogen-bond acceptors (Lipinski definition) is 8. The zero-order valence-electron chi connectivity index (χ0n) is 18.9. The van der Waals surface area contributed by atoms with Gasteiger partial charge in [-0.05, 0) is 24.8 Å². The van der Waals surface area contributed by atoms with E-state index in [1.807, 2.05) is 0 Å². The molecule has 3 amide bonds. The minimum absolute atomic E-state index is 0.00302. The zero-order chi connectivity index (χ0) is 25.6. The summed E-state index contributed by atoms with van der Waals surface area (Å²) in [6.07, 6.45) is 5.02. The van der Waals surface area contributed by atoms with Gasteiger partial charge >= 0.3 is 7.12 Å². The van der Waals surface area contributed by atoms with Crippen molar-refractivity contribution in [2.75, 3.05) is 6.54 Å². The van der Waals surface area contributed by atoms with Crippen molar-refractivity contribution in [3.63, 3.8) is 0 Å². The summed E-state index contributed by atoms with van der Waals surface area (Å²) in [6, 6.07) is 9.43. The minimum atomic E-state index is -1.96. The Hall–Kier alpha value is -4.21. The van der Waals surface area contributed by atoms with Gasteiger partial charge in [-0.15, -0.1) is 0 Å². The first-order chi connectivity index (χ1) is 16.8. The van der Waals surface area contributed by atoms with Crippen LogP contribution in [0, 0.1) is 11.3 Å². The van der Waals surface area contributed by atoms with Crippen LogP contribution < -0.4 is 10.6 Å². The van der Waals surface area contributed by atoms with Crippen LogP contribution in [-0.4, -0.2) is 63.1 Å². The first kappa shape index (κ1) is 27.0. The number of unbranched alkanes of at least 4 members (excludes halogenated alkanes) is 1. The highest BCUT2D eigenvalue weighted by molar-refractivity contribution is 6.80. The topological polar surface area (TPSA) is 178 Å². The van der Waals surface area contributed by atoms with E-state index >= 15 is 0 Å². The molecule has 0 bridgehead atoms. The van der Waals surface area contributed by atoms with Crippen molar-refractivity contribution in [1.29, 1.82) is 5.26 Å². The van der Waals surface area contributed by atoms with Gasteiger partial charge in [0.1, 0.15) is 23.4 Å². The number of hydrogen-bond donors (Lipinski definition) is 4. The fourth-order valence-corrected chi connectivity index (χ4v) is 2.95. The second kappa shape index (κ2) is 14.1. The number of amides is 3. The molecule has 1 heterocycles. The number of nitrogens with zero attached hydrogens (tertiary/aromatic N) is 4. The van der Waals surface area contributed by atoms with Gasteiger partial charge in [-0.2, -0.15) is 5.26 Å². The van der Waals surface area contributed by atoms with E-state index in [1.54, 1.807) is 36.4 Å². The number of nitriles is 1. The predicted octanol–water partition coefficient (Wildman–Crippen LogP) is 0.164. The monoisotopic (exact) mass is 476 g/mol. The van der Waals surface area contributed by atoms with E-state index in [0.29, 0.717) is 12.8 Å². The van der Waals surface area contributed by atoms with Crippen molar-refractivity contribution in [2.24, 2.45) is 4.99 Å². The Bertz CT molecular complexity index is 1100. The molecule has 0 saturated carbocycles. The average Bonchev–Trinajstić information content (AvgIpc) is 2.87. The Kier molecular flexibility index (Phi) is 10.9. The van der Waals surface area contributed by atoms with Crippen molar-refractivity contribution < 1.29 is 24.4 Å². The summed E-state index contributed by atoms with van der Waals surface area (Å²) in [5, 5.41) is 33.2. The van der Waals surface area contributed by atoms with Crippen LogP contribution in [0.2, 0.25) is 0 Å². The standard InChI is InChI=1S/C23H25BN6O5/c1-16(14-25)21(31)28-10-6-5-9-18(29-23(33)19-15-26-11-12-27-19)22(32)30-20(24(34)35)13-17-7-3-2-4-8-17/h2-4,7-8,11-12,15,18,34-35H,1,5-6,9-10,13H2,(H,28,31)(H,29,33)/b30-20+/t18-/m0/s1. The zero-order valence-corrected chi connectivity index (χ0v) is 18.9. The number of carbonyl (C=O) groups excluding carboxylic acids is 3. The van der Waals surface area contributed by atoms with Gasteiger partial charge in [0.2, 0.25) is 0 Å². The summed E-state index contributed by atoms with van der Waals surface area (Å²) in [6.45, 7) is 3.56. The van der Waals surface area contributed by atoms with Crippen LogP contribution in [0.25, 0.3) is 0 Å². The maximum Gasteiger partial charge on any atom is 0.504 e. The molecule has 0 spiro atoms. The predicted molar refractivity (Wildman–Crippen MR) is 128 cm³/mol. The van der Waals surface area contributed by atoms with Crippen LogP contribution in [0.3, 0.4) is 0 Å². The molecule has 2 rings (SSSR count). The number of carbonyl (C=O) groups is 3. The Labute approximate surface area is 202 Å². The Morgan fingerprint density at radius 2 is 1.91 bits per heavy atom. The van der Waals surface area contributed by atoms with E-state index in [0.717, 1.165) is 5.56 Å². The molecule has 11 nitrogen and oxygen atoms in total. The highest BCUT2D eigenvalue weighted by Crippen LogP contribution is 2.08. The Morgan fingerprint density at radius 1 is 1.17 bits per heavy atom. The molecule has 1 atom stereocenters. The van der Waals surface area contributed by atoms with Crippen LogP contribution in [0.1, 0.15) is 35.3 Å². The lowest BCUT2D eigenvalue weighted by molar-refractivity contribution is -0.120. The van der Waals surface area contributed by atoms with Crippen LogP contribution in [0.5, 0.6) is 0 Å². The largest absolute Gasteiger partial charge is 0.504 e. The summed E-state index contributed by atoms with van der Waals surface area (Å²) in [5.74, 6) is -1.98. The molecule has 35 heavy (non-hydrogen) atoms. The molecule has 180 valence electrons. The van der Waals surface area contributed by atoms with Gasteiger partial charge in [0.25, 0.3) is 17.7 Å². The lowest BCUT2D eigenvalue weighted by Crippen LogP contribution is -2.42. The van der Waals surface area contributed by atoms with Gasteiger partial charge in [-0.25, -0.2) is 9.98 Å². The van der Waals surface area contributed by atoms with Crippen molar-refractivity contribution in [1.82, 2.24) is 20.6 Å². The fraction of sp³-hybridized carbons (Fsp3) is 0.261. The fourth-order valence-electron chi connectivity index (χ4n) is 2.95. The summed E-state index contributed by atoms with van der Waals surface area (Å²) in [5.41, 5.74) is 0.351. The third-order valence-corrected chi connectivity index (χ3v) is 4.79. The molecule has 0 aliphatic heterocycles. The van der Waals surface area contributed by atoms with Crippen LogP contribution in [-0.2, 0) is 16.0 Å². The number of rotatable bonds is 12. The van der Waals surface area contributed by atoms with Gasteiger partial charge in [-0.1, -0.05) is 36.9 Å². The van der Waals surface area contributed by atoms with Crippen LogP contribution in [0.4, 0.5) is 0 Å².